The zero-order valence-electron chi connectivity index (χ0n) is 14.9. The number of hydrogen-bond acceptors (Lipinski definition) is 4. The summed E-state index contributed by atoms with van der Waals surface area (Å²) >= 11 is 0. The Morgan fingerprint density at radius 1 is 1.29 bits per heavy atom. The number of ether oxygens (including phenoxy) is 1. The van der Waals surface area contributed by atoms with Gasteiger partial charge in [0.1, 0.15) is 0 Å². The van der Waals surface area contributed by atoms with Gasteiger partial charge in [-0.25, -0.2) is 0 Å². The Morgan fingerprint density at radius 3 is 3.04 bits per heavy atom. The van der Waals surface area contributed by atoms with Crippen molar-refractivity contribution in [1.82, 2.24) is 10.2 Å². The van der Waals surface area contributed by atoms with Gasteiger partial charge in [0.15, 0.2) is 0 Å². The lowest BCUT2D eigenvalue weighted by Crippen LogP contribution is -2.41. The molecular weight excluding hydrogens is 300 g/mol. The van der Waals surface area contributed by atoms with E-state index in [4.69, 9.17) is 4.74 Å². The van der Waals surface area contributed by atoms with Crippen LogP contribution in [0.1, 0.15) is 49.8 Å². The average Bonchev–Trinajstić information content (AvgIpc) is 3.07. The van der Waals surface area contributed by atoms with E-state index in [0.29, 0.717) is 19.2 Å². The molecule has 0 unspecified atom stereocenters. The maximum atomic E-state index is 10.2. The van der Waals surface area contributed by atoms with Crippen LogP contribution >= 0.6 is 0 Å². The number of hydrogen-bond donors (Lipinski definition) is 2. The lowest BCUT2D eigenvalue weighted by atomic mass is 9.89. The van der Waals surface area contributed by atoms with E-state index in [0.717, 1.165) is 25.9 Å². The van der Waals surface area contributed by atoms with Gasteiger partial charge in [0.05, 0.1) is 18.8 Å². The van der Waals surface area contributed by atoms with Crippen LogP contribution in [0.25, 0.3) is 0 Å². The van der Waals surface area contributed by atoms with Gasteiger partial charge in [0.25, 0.3) is 0 Å². The molecule has 0 bridgehead atoms. The van der Waals surface area contributed by atoms with E-state index in [1.165, 1.54) is 36.9 Å². The van der Waals surface area contributed by atoms with Crippen LogP contribution < -0.4 is 5.32 Å². The number of nitrogens with zero attached hydrogens (tertiary/aromatic N) is 1. The summed E-state index contributed by atoms with van der Waals surface area (Å²) in [6.45, 7) is 6.56. The molecule has 1 fully saturated rings. The predicted molar refractivity (Wildman–Crippen MR) is 97.2 cm³/mol. The molecular formula is C20H32N2O2. The summed E-state index contributed by atoms with van der Waals surface area (Å²) in [6, 6.07) is 9.18. The summed E-state index contributed by atoms with van der Waals surface area (Å²) in [5, 5.41) is 13.7. The van der Waals surface area contributed by atoms with Gasteiger partial charge in [-0.05, 0) is 56.3 Å². The highest BCUT2D eigenvalue weighted by Gasteiger charge is 2.23. The minimum Gasteiger partial charge on any atom is -0.389 e. The van der Waals surface area contributed by atoms with Crippen LogP contribution in [0, 0.1) is 0 Å². The molecule has 4 nitrogen and oxygen atoms in total. The van der Waals surface area contributed by atoms with E-state index in [-0.39, 0.29) is 6.10 Å². The average molecular weight is 332 g/mol. The fraction of sp³-hybridized carbons (Fsp3) is 0.700. The highest BCUT2D eigenvalue weighted by atomic mass is 16.5. The SMILES string of the molecule is CCN1CCC[C@@H]1CNC[C@H](O)CO[C@H]1CCCc2ccccc21. The largest absolute Gasteiger partial charge is 0.389 e. The smallest absolute Gasteiger partial charge is 0.0897 e. The van der Waals surface area contributed by atoms with Crippen molar-refractivity contribution in [2.24, 2.45) is 0 Å². The second-order valence-corrected chi connectivity index (χ2v) is 7.15. The first kappa shape index (κ1) is 17.9. The Kier molecular flexibility index (Phi) is 6.67. The van der Waals surface area contributed by atoms with Gasteiger partial charge in [0, 0.05) is 19.1 Å². The Morgan fingerprint density at radius 2 is 2.17 bits per heavy atom. The third-order valence-corrected chi connectivity index (χ3v) is 5.47. The van der Waals surface area contributed by atoms with Crippen LogP contribution in [-0.2, 0) is 11.2 Å². The van der Waals surface area contributed by atoms with Gasteiger partial charge < -0.3 is 15.2 Å². The van der Waals surface area contributed by atoms with E-state index in [1.807, 2.05) is 0 Å². The molecule has 3 rings (SSSR count). The fourth-order valence-corrected chi connectivity index (χ4v) is 4.13. The van der Waals surface area contributed by atoms with E-state index in [9.17, 15) is 5.11 Å². The molecule has 0 amide bonds. The number of aryl methyl sites for hydroxylation is 1. The van der Waals surface area contributed by atoms with Crippen LogP contribution in [0.2, 0.25) is 0 Å². The molecule has 0 aromatic heterocycles. The maximum Gasteiger partial charge on any atom is 0.0897 e. The van der Waals surface area contributed by atoms with Gasteiger partial charge in [-0.2, -0.15) is 0 Å². The van der Waals surface area contributed by atoms with E-state index in [2.05, 4.69) is 41.4 Å². The molecule has 134 valence electrons. The summed E-state index contributed by atoms with van der Waals surface area (Å²) in [7, 11) is 0. The van der Waals surface area contributed by atoms with Gasteiger partial charge >= 0.3 is 0 Å². The first-order chi connectivity index (χ1) is 11.8. The maximum absolute atomic E-state index is 10.2. The quantitative estimate of drug-likeness (QED) is 0.768. The second-order valence-electron chi connectivity index (χ2n) is 7.15. The third kappa shape index (κ3) is 4.57. The van der Waals surface area contributed by atoms with Crippen molar-refractivity contribution in [3.8, 4) is 0 Å². The molecule has 1 saturated heterocycles. The van der Waals surface area contributed by atoms with Crippen LogP contribution in [0.4, 0.5) is 0 Å². The van der Waals surface area contributed by atoms with Crippen molar-refractivity contribution in [1.29, 1.82) is 0 Å². The van der Waals surface area contributed by atoms with Gasteiger partial charge in [-0.15, -0.1) is 0 Å². The number of fused-ring (bicyclic) bond motifs is 1. The van der Waals surface area contributed by atoms with E-state index >= 15 is 0 Å². The van der Waals surface area contributed by atoms with Crippen molar-refractivity contribution < 1.29 is 9.84 Å². The number of aliphatic hydroxyl groups is 1. The summed E-state index contributed by atoms with van der Waals surface area (Å²) in [6.07, 6.45) is 5.66. The molecule has 2 aliphatic rings. The zero-order valence-corrected chi connectivity index (χ0v) is 14.9. The molecule has 1 heterocycles. The molecule has 1 aromatic rings. The molecule has 0 spiro atoms. The molecule has 1 aliphatic heterocycles. The first-order valence-corrected chi connectivity index (χ1v) is 9.60. The van der Waals surface area contributed by atoms with Crippen LogP contribution in [-0.4, -0.2) is 54.9 Å². The van der Waals surface area contributed by atoms with Crippen molar-refractivity contribution >= 4 is 0 Å². The molecule has 0 saturated carbocycles. The lowest BCUT2D eigenvalue weighted by Gasteiger charge is -2.27. The van der Waals surface area contributed by atoms with Crippen molar-refractivity contribution in [3.63, 3.8) is 0 Å². The molecule has 2 N–H and O–H groups in total. The van der Waals surface area contributed by atoms with Crippen molar-refractivity contribution in [3.05, 3.63) is 35.4 Å². The van der Waals surface area contributed by atoms with Crippen LogP contribution in [0.3, 0.4) is 0 Å². The third-order valence-electron chi connectivity index (χ3n) is 5.47. The lowest BCUT2D eigenvalue weighted by molar-refractivity contribution is -0.0169. The van der Waals surface area contributed by atoms with Gasteiger partial charge in [-0.1, -0.05) is 31.2 Å². The van der Waals surface area contributed by atoms with Crippen LogP contribution in [0.5, 0.6) is 0 Å². The predicted octanol–water partition coefficient (Wildman–Crippen LogP) is 2.52. The molecule has 24 heavy (non-hydrogen) atoms. The number of likely N-dealkylation sites (tertiary alicyclic amines) is 1. The highest BCUT2D eigenvalue weighted by Crippen LogP contribution is 2.32. The molecule has 0 radical (unpaired) electrons. The molecule has 4 heteroatoms. The summed E-state index contributed by atoms with van der Waals surface area (Å²) in [5.41, 5.74) is 2.72. The van der Waals surface area contributed by atoms with E-state index in [1.54, 1.807) is 0 Å². The number of likely N-dealkylation sites (N-methyl/N-ethyl adjacent to an activating group) is 1. The molecule has 1 aromatic carbocycles. The number of aliphatic hydroxyl groups excluding tert-OH is 1. The summed E-state index contributed by atoms with van der Waals surface area (Å²) < 4.78 is 6.04. The topological polar surface area (TPSA) is 44.7 Å². The van der Waals surface area contributed by atoms with Gasteiger partial charge in [-0.3, -0.25) is 4.90 Å². The van der Waals surface area contributed by atoms with Crippen molar-refractivity contribution in [2.75, 3.05) is 32.8 Å². The normalized spacial score (nSPS) is 25.6. The molecule has 1 aliphatic carbocycles. The second kappa shape index (κ2) is 8.95. The van der Waals surface area contributed by atoms with Crippen LogP contribution in [0.15, 0.2) is 24.3 Å². The fourth-order valence-electron chi connectivity index (χ4n) is 4.13. The standard InChI is InChI=1S/C20H32N2O2/c1-2-22-12-6-9-17(22)13-21-14-18(23)15-24-20-11-5-8-16-7-3-4-10-19(16)20/h3-4,7,10,17-18,20-21,23H,2,5-6,8-9,11-15H2,1H3/t17-,18+,20+/m1/s1. The Balaban J connectivity index is 1.38. The van der Waals surface area contributed by atoms with E-state index < -0.39 is 6.10 Å². The Bertz CT molecular complexity index is 508. The highest BCUT2D eigenvalue weighted by molar-refractivity contribution is 5.31. The van der Waals surface area contributed by atoms with Crippen molar-refractivity contribution in [2.45, 2.75) is 57.3 Å². The molecule has 3 atom stereocenters. The summed E-state index contributed by atoms with van der Waals surface area (Å²) in [4.78, 5) is 2.52. The zero-order chi connectivity index (χ0) is 16.8. The van der Waals surface area contributed by atoms with Gasteiger partial charge in [0.2, 0.25) is 0 Å². The minimum atomic E-state index is -0.435. The summed E-state index contributed by atoms with van der Waals surface area (Å²) in [5.74, 6) is 0. The Hall–Kier alpha value is -0.940. The Labute approximate surface area is 146 Å². The number of nitrogens with one attached hydrogen (secondary N) is 1. The number of rotatable bonds is 8. The minimum absolute atomic E-state index is 0.148. The monoisotopic (exact) mass is 332 g/mol. The number of benzene rings is 1. The first-order valence-electron chi connectivity index (χ1n) is 9.60.